The summed E-state index contributed by atoms with van der Waals surface area (Å²) in [6, 6.07) is 0. The van der Waals surface area contributed by atoms with Gasteiger partial charge in [-0.1, -0.05) is 387 Å². The van der Waals surface area contributed by atoms with Crippen LogP contribution in [-0.2, 0) is 80.9 Å². The Kier molecular flexibility index (Phi) is 64.8. The first-order valence-corrected chi connectivity index (χ1v) is 45.5. The molecular weight excluding hydrogens is 1370 g/mol. The average Bonchev–Trinajstić information content (AvgIpc) is 1.56. The molecular formula is C90H164O18. The molecule has 2 heterocycles. The number of carbonyl (C=O) groups is 7. The van der Waals surface area contributed by atoms with Gasteiger partial charge in [0, 0.05) is 46.5 Å². The quantitative estimate of drug-likeness (QED) is 0.0339. The van der Waals surface area contributed by atoms with Crippen LogP contribution in [0.3, 0.4) is 0 Å². The Balaban J connectivity index is 2.43. The fraction of sp³-hybridized carbons (Fsp3) is 0.922. The van der Waals surface area contributed by atoms with Crippen molar-refractivity contribution in [2.24, 2.45) is 0 Å². The number of rotatable bonds is 76. The summed E-state index contributed by atoms with van der Waals surface area (Å²) >= 11 is 0. The van der Waals surface area contributed by atoms with Gasteiger partial charge in [0.1, 0.15) is 38.1 Å². The Morgan fingerprint density at radius 2 is 0.556 bits per heavy atom. The van der Waals surface area contributed by atoms with Gasteiger partial charge in [0.2, 0.25) is 5.79 Å². The predicted molar refractivity (Wildman–Crippen MR) is 431 cm³/mol. The van der Waals surface area contributed by atoms with E-state index < -0.39 is 116 Å². The Labute approximate surface area is 658 Å². The summed E-state index contributed by atoms with van der Waals surface area (Å²) in [6.45, 7) is 10.6. The maximum atomic E-state index is 14.1. The minimum Gasteiger partial charge on any atom is -0.463 e. The van der Waals surface area contributed by atoms with Crippen molar-refractivity contribution >= 4 is 41.8 Å². The second-order valence-electron chi connectivity index (χ2n) is 32.1. The molecule has 632 valence electrons. The Morgan fingerprint density at radius 3 is 0.852 bits per heavy atom. The molecule has 2 aliphatic rings. The Hall–Kier alpha value is -3.87. The highest BCUT2D eigenvalue weighted by molar-refractivity contribution is 5.71. The van der Waals surface area contributed by atoms with Crippen molar-refractivity contribution in [1.29, 1.82) is 0 Å². The van der Waals surface area contributed by atoms with Gasteiger partial charge in [-0.25, -0.2) is 0 Å². The molecule has 18 heteroatoms. The number of ether oxygens (including phenoxy) is 10. The predicted octanol–water partition coefficient (Wildman–Crippen LogP) is 23.6. The summed E-state index contributed by atoms with van der Waals surface area (Å²) < 4.78 is 61.6. The van der Waals surface area contributed by atoms with E-state index in [0.717, 1.165) is 117 Å². The van der Waals surface area contributed by atoms with Crippen LogP contribution in [0.2, 0.25) is 0 Å². The van der Waals surface area contributed by atoms with Crippen LogP contribution in [0.1, 0.15) is 459 Å². The lowest BCUT2D eigenvalue weighted by Crippen LogP contribution is -2.65. The number of unbranched alkanes of at least 4 members (excludes halogenated alkanes) is 56. The van der Waals surface area contributed by atoms with Crippen LogP contribution in [0.15, 0.2) is 0 Å². The Morgan fingerprint density at radius 1 is 0.287 bits per heavy atom. The first-order chi connectivity index (χ1) is 52.6. The van der Waals surface area contributed by atoms with Gasteiger partial charge in [-0.2, -0.15) is 0 Å². The molecule has 1 N–H and O–H groups in total. The SMILES string of the molecule is CCCCCCCCCCCCCCCCCC(=O)OC[C@H]1O[C@H](O[C@]2(COC(=O)CCCCCCCCCCCCCCCCC)O[C@H](COC(C)=O)[C@@H](OC(=O)CCCCCCCCCCCCCCCCC)[C@@H]2OC(C)=O)[C@H](O)[C@@H](OC(=O)CCCCCCCCCCCCCCCCC)[C@@H]1OC(C)=O. The zero-order valence-electron chi connectivity index (χ0n) is 70.4. The zero-order valence-corrected chi connectivity index (χ0v) is 70.4. The van der Waals surface area contributed by atoms with Gasteiger partial charge in [0.25, 0.3) is 0 Å². The highest BCUT2D eigenvalue weighted by Crippen LogP contribution is 2.42. The normalized spacial score (nSPS) is 19.8. The molecule has 0 radical (unpaired) electrons. The van der Waals surface area contributed by atoms with E-state index in [4.69, 9.17) is 47.4 Å². The first-order valence-electron chi connectivity index (χ1n) is 45.5. The third-order valence-corrected chi connectivity index (χ3v) is 21.7. The number of aliphatic hydroxyl groups excluding tert-OH is 1. The van der Waals surface area contributed by atoms with E-state index in [1.165, 1.54) is 264 Å². The van der Waals surface area contributed by atoms with E-state index in [2.05, 4.69) is 27.7 Å². The smallest absolute Gasteiger partial charge is 0.306 e. The molecule has 9 atom stereocenters. The average molecular weight is 1530 g/mol. The molecule has 0 saturated carbocycles. The summed E-state index contributed by atoms with van der Waals surface area (Å²) in [5.41, 5.74) is 0. The standard InChI is InChI=1S/C90H164O18/c1-8-12-16-20-24-28-32-36-40-44-48-52-56-60-64-68-80(94)100-72-78-85(102-76(6)92)87(106-83(97)71-67-63-59-55-51-47-43-39-35-31-27-23-19-15-11-4)84(98)89(104-78)108-90(74-101-81(95)69-65-61-57-53-49-45-41-37-33-29-25-21-17-13-9-2)88(103-77(7)93)86(79(107-90)73-99-75(5)91)105-82(96)70-66-62-58-54-50-46-42-38-34-30-26-22-18-14-10-3/h78-79,84-89,98H,8-74H2,1-7H3/t78-,79-,84-,85-,86-,87-,88+,89-,90+/m1/s1. The lowest BCUT2D eigenvalue weighted by Gasteiger charge is -2.45. The van der Waals surface area contributed by atoms with E-state index in [0.29, 0.717) is 25.7 Å². The molecule has 2 rings (SSSR count). The third kappa shape index (κ3) is 53.2. The molecule has 0 unspecified atom stereocenters. The van der Waals surface area contributed by atoms with Crippen molar-refractivity contribution in [3.05, 3.63) is 0 Å². The van der Waals surface area contributed by atoms with Crippen LogP contribution in [0.25, 0.3) is 0 Å². The molecule has 0 aromatic heterocycles. The van der Waals surface area contributed by atoms with Crippen molar-refractivity contribution in [2.45, 2.75) is 514 Å². The maximum Gasteiger partial charge on any atom is 0.306 e. The summed E-state index contributed by atoms with van der Waals surface area (Å²) in [4.78, 5) is 95.0. The van der Waals surface area contributed by atoms with E-state index in [1.54, 1.807) is 0 Å². The third-order valence-electron chi connectivity index (χ3n) is 21.7. The lowest BCUT2D eigenvalue weighted by atomic mass is 9.97. The van der Waals surface area contributed by atoms with E-state index in [-0.39, 0.29) is 25.7 Å². The zero-order chi connectivity index (χ0) is 78.6. The number of carbonyl (C=O) groups excluding carboxylic acids is 7. The second-order valence-corrected chi connectivity index (χ2v) is 32.1. The second kappa shape index (κ2) is 69.8. The van der Waals surface area contributed by atoms with Gasteiger partial charge in [-0.3, -0.25) is 33.6 Å². The fourth-order valence-electron chi connectivity index (χ4n) is 15.2. The van der Waals surface area contributed by atoms with Gasteiger partial charge < -0.3 is 52.5 Å². The Bertz CT molecular complexity index is 2190. The molecule has 0 aliphatic carbocycles. The molecule has 2 saturated heterocycles. The number of aliphatic hydroxyl groups is 1. The molecule has 0 spiro atoms. The van der Waals surface area contributed by atoms with Crippen LogP contribution >= 0.6 is 0 Å². The minimum absolute atomic E-state index is 0.00178. The van der Waals surface area contributed by atoms with Crippen LogP contribution in [0, 0.1) is 0 Å². The highest BCUT2D eigenvalue weighted by Gasteiger charge is 2.64. The molecule has 0 aromatic rings. The topological polar surface area (TPSA) is 232 Å². The van der Waals surface area contributed by atoms with Crippen LogP contribution in [0.5, 0.6) is 0 Å². The first kappa shape index (κ1) is 100. The summed E-state index contributed by atoms with van der Waals surface area (Å²) in [5.74, 6) is -7.42. The van der Waals surface area contributed by atoms with E-state index >= 15 is 0 Å². The van der Waals surface area contributed by atoms with Crippen molar-refractivity contribution in [1.82, 2.24) is 0 Å². The molecule has 18 nitrogen and oxygen atoms in total. The van der Waals surface area contributed by atoms with E-state index in [1.807, 2.05) is 0 Å². The summed E-state index contributed by atoms with van der Waals surface area (Å²) in [5, 5.41) is 12.6. The van der Waals surface area contributed by atoms with Crippen molar-refractivity contribution in [3.63, 3.8) is 0 Å². The van der Waals surface area contributed by atoms with Crippen LogP contribution < -0.4 is 0 Å². The van der Waals surface area contributed by atoms with Crippen molar-refractivity contribution in [3.8, 4) is 0 Å². The molecule has 2 fully saturated rings. The molecule has 2 aliphatic heterocycles. The maximum absolute atomic E-state index is 14.1. The molecule has 0 amide bonds. The van der Waals surface area contributed by atoms with Crippen molar-refractivity contribution in [2.75, 3.05) is 19.8 Å². The van der Waals surface area contributed by atoms with Crippen LogP contribution in [0.4, 0.5) is 0 Å². The van der Waals surface area contributed by atoms with Crippen molar-refractivity contribution < 1.29 is 86.0 Å². The number of hydrogen-bond donors (Lipinski definition) is 1. The van der Waals surface area contributed by atoms with Gasteiger partial charge in [0.15, 0.2) is 30.7 Å². The fourth-order valence-corrected chi connectivity index (χ4v) is 15.2. The van der Waals surface area contributed by atoms with Gasteiger partial charge in [-0.15, -0.1) is 0 Å². The minimum atomic E-state index is -2.49. The van der Waals surface area contributed by atoms with Gasteiger partial charge in [-0.05, 0) is 25.7 Å². The number of hydrogen-bond acceptors (Lipinski definition) is 18. The van der Waals surface area contributed by atoms with E-state index in [9.17, 15) is 38.7 Å². The monoisotopic (exact) mass is 1530 g/mol. The van der Waals surface area contributed by atoms with Gasteiger partial charge >= 0.3 is 41.8 Å². The van der Waals surface area contributed by atoms with Gasteiger partial charge in [0.05, 0.1) is 0 Å². The molecule has 0 aromatic carbocycles. The number of esters is 7. The lowest BCUT2D eigenvalue weighted by molar-refractivity contribution is -0.384. The summed E-state index contributed by atoms with van der Waals surface area (Å²) in [7, 11) is 0. The molecule has 0 bridgehead atoms. The molecule has 108 heavy (non-hydrogen) atoms. The van der Waals surface area contributed by atoms with Crippen LogP contribution in [-0.4, -0.2) is 122 Å². The summed E-state index contributed by atoms with van der Waals surface area (Å²) in [6.07, 6.45) is 55.6. The highest BCUT2D eigenvalue weighted by atomic mass is 16.8. The largest absolute Gasteiger partial charge is 0.463 e.